The van der Waals surface area contributed by atoms with Crippen LogP contribution in [-0.2, 0) is 9.59 Å². The fourth-order valence-corrected chi connectivity index (χ4v) is 9.51. The molecule has 0 aliphatic carbocycles. The van der Waals surface area contributed by atoms with Crippen molar-refractivity contribution in [3.63, 3.8) is 0 Å². The molecule has 4 amide bonds. The van der Waals surface area contributed by atoms with Crippen LogP contribution in [0.1, 0.15) is 73.2 Å². The van der Waals surface area contributed by atoms with Crippen LogP contribution in [-0.4, -0.2) is 98.8 Å². The van der Waals surface area contributed by atoms with Crippen LogP contribution in [0.3, 0.4) is 0 Å². The van der Waals surface area contributed by atoms with E-state index in [1.807, 2.05) is 11.0 Å². The van der Waals surface area contributed by atoms with Crippen LogP contribution < -0.4 is 15.1 Å². The summed E-state index contributed by atoms with van der Waals surface area (Å²) in [4.78, 5) is 67.0. The highest BCUT2D eigenvalue weighted by atomic mass is 19.3. The molecule has 3 saturated heterocycles. The van der Waals surface area contributed by atoms with Gasteiger partial charge in [0, 0.05) is 91.8 Å². The van der Waals surface area contributed by atoms with E-state index >= 15 is 4.39 Å². The quantitative estimate of drug-likeness (QED) is 0.178. The van der Waals surface area contributed by atoms with Crippen LogP contribution in [0.4, 0.5) is 24.7 Å². The summed E-state index contributed by atoms with van der Waals surface area (Å²) in [6.45, 7) is 6.24. The highest BCUT2D eigenvalue weighted by Crippen LogP contribution is 2.38. The van der Waals surface area contributed by atoms with Crippen molar-refractivity contribution in [2.45, 2.75) is 64.1 Å². The van der Waals surface area contributed by atoms with Crippen LogP contribution in [0.5, 0.6) is 0 Å². The lowest BCUT2D eigenvalue weighted by atomic mass is 9.83. The van der Waals surface area contributed by atoms with Crippen molar-refractivity contribution < 1.29 is 32.3 Å². The number of alkyl halides is 2. The molecule has 9 rings (SSSR count). The lowest BCUT2D eigenvalue weighted by molar-refractivity contribution is -0.136. The van der Waals surface area contributed by atoms with Gasteiger partial charge in [0.15, 0.2) is 11.6 Å². The van der Waals surface area contributed by atoms with Crippen LogP contribution in [0.2, 0.25) is 0 Å². The summed E-state index contributed by atoms with van der Waals surface area (Å²) in [6.07, 6.45) is 7.64. The number of piperazine rings is 1. The van der Waals surface area contributed by atoms with Gasteiger partial charge >= 0.3 is 6.55 Å². The third-order valence-corrected chi connectivity index (χ3v) is 12.6. The van der Waals surface area contributed by atoms with Gasteiger partial charge < -0.3 is 9.80 Å². The van der Waals surface area contributed by atoms with Crippen LogP contribution in [0.25, 0.3) is 32.9 Å². The van der Waals surface area contributed by atoms with Crippen molar-refractivity contribution in [2.75, 3.05) is 49.1 Å². The van der Waals surface area contributed by atoms with E-state index in [9.17, 15) is 28.0 Å². The number of halogens is 3. The number of hydrogen-bond acceptors (Lipinski definition) is 9. The Balaban J connectivity index is 0.800. The first-order valence-corrected chi connectivity index (χ1v) is 19.8. The molecule has 0 radical (unpaired) electrons. The molecule has 0 saturated carbocycles. The lowest BCUT2D eigenvalue weighted by Gasteiger charge is -2.47. The molecule has 15 heteroatoms. The van der Waals surface area contributed by atoms with E-state index in [2.05, 4.69) is 38.9 Å². The Bertz CT molecular complexity index is 2490. The Hall–Kier alpha value is -5.83. The van der Waals surface area contributed by atoms with Crippen molar-refractivity contribution >= 4 is 56.9 Å². The number of hydrogen-bond donors (Lipinski definition) is 1. The van der Waals surface area contributed by atoms with Gasteiger partial charge in [-0.25, -0.2) is 9.37 Å². The number of nitrogens with zero attached hydrogens (tertiary/aromatic N) is 7. The second-order valence-electron chi connectivity index (χ2n) is 16.4. The standard InChI is InChI=1S/C43H43F3N8O4/c1-43(2,52-17-15-50(16-18-52)28-4-6-30-31(21-28)41(58)54(40(30)57)35-7-8-37(55)49-39(35)56)22-25-10-13-51(14-11-25)38-33(44)19-27(23-48-38)26-3-5-29-32-24-47-12-9-34(32)53(42(45)46)36(29)20-26/h3-6,9,12,19-21,23-25,35,42H,7-8,10-11,13-18,22H2,1-2H3,(H,49,55,56). The number of amides is 4. The van der Waals surface area contributed by atoms with E-state index in [1.54, 1.807) is 48.8 Å². The minimum atomic E-state index is -2.75. The molecule has 1 unspecified atom stereocenters. The zero-order valence-electron chi connectivity index (χ0n) is 32.3. The molecule has 12 nitrogen and oxygen atoms in total. The molecule has 0 spiro atoms. The summed E-state index contributed by atoms with van der Waals surface area (Å²) in [5.74, 6) is -1.76. The molecule has 2 aromatic carbocycles. The third kappa shape index (κ3) is 6.54. The summed E-state index contributed by atoms with van der Waals surface area (Å²) >= 11 is 0. The highest BCUT2D eigenvalue weighted by Gasteiger charge is 2.45. The molecule has 4 aliphatic heterocycles. The second-order valence-corrected chi connectivity index (χ2v) is 16.4. The number of piperidine rings is 2. The van der Waals surface area contributed by atoms with Gasteiger partial charge in [0.1, 0.15) is 6.04 Å². The Morgan fingerprint density at radius 1 is 0.793 bits per heavy atom. The number of anilines is 2. The largest absolute Gasteiger partial charge is 0.369 e. The maximum absolute atomic E-state index is 15.7. The number of fused-ring (bicyclic) bond motifs is 4. The fraction of sp³-hybridized carbons (Fsp3) is 0.395. The van der Waals surface area contributed by atoms with E-state index < -0.39 is 42.0 Å². The van der Waals surface area contributed by atoms with Crippen LogP contribution in [0, 0.1) is 11.7 Å². The third-order valence-electron chi connectivity index (χ3n) is 12.6. The monoisotopic (exact) mass is 792 g/mol. The molecule has 7 heterocycles. The van der Waals surface area contributed by atoms with Gasteiger partial charge in [0.2, 0.25) is 11.8 Å². The number of aromatic nitrogens is 3. The summed E-state index contributed by atoms with van der Waals surface area (Å²) in [5, 5.41) is 3.52. The minimum absolute atomic E-state index is 0.0734. The number of nitrogens with one attached hydrogen (secondary N) is 1. The molecular weight excluding hydrogens is 750 g/mol. The SMILES string of the molecule is CC(C)(CC1CCN(c2ncc(-c3ccc4c5cnccc5n(C(F)F)c4c3)cc2F)CC1)N1CCN(c2ccc3c(c2)C(=O)N(C2CCC(=O)NC2=O)C3=O)CC1. The van der Waals surface area contributed by atoms with Gasteiger partial charge in [0.25, 0.3) is 11.8 Å². The van der Waals surface area contributed by atoms with Crippen molar-refractivity contribution in [2.24, 2.45) is 5.92 Å². The van der Waals surface area contributed by atoms with Crippen molar-refractivity contribution in [1.29, 1.82) is 0 Å². The highest BCUT2D eigenvalue weighted by molar-refractivity contribution is 6.23. The maximum atomic E-state index is 15.7. The predicted molar refractivity (Wildman–Crippen MR) is 212 cm³/mol. The van der Waals surface area contributed by atoms with Crippen molar-refractivity contribution in [3.05, 3.63) is 84.1 Å². The first-order chi connectivity index (χ1) is 27.9. The second kappa shape index (κ2) is 14.5. The summed E-state index contributed by atoms with van der Waals surface area (Å²) in [6, 6.07) is 12.5. The molecule has 4 aliphatic rings. The Labute approximate surface area is 332 Å². The zero-order valence-corrected chi connectivity index (χ0v) is 32.3. The molecule has 1 atom stereocenters. The Kier molecular flexibility index (Phi) is 9.45. The van der Waals surface area contributed by atoms with E-state index in [4.69, 9.17) is 0 Å². The molecule has 0 bridgehead atoms. The zero-order chi connectivity index (χ0) is 40.5. The van der Waals surface area contributed by atoms with Gasteiger partial charge in [-0.15, -0.1) is 0 Å². The summed E-state index contributed by atoms with van der Waals surface area (Å²) in [5.41, 5.74) is 3.16. The molecular formula is C43H43F3N8O4. The van der Waals surface area contributed by atoms with Crippen molar-refractivity contribution in [1.82, 2.24) is 29.7 Å². The molecule has 3 aromatic heterocycles. The van der Waals surface area contributed by atoms with Gasteiger partial charge in [-0.2, -0.15) is 8.78 Å². The summed E-state index contributed by atoms with van der Waals surface area (Å²) < 4.78 is 45.0. The average molecular weight is 793 g/mol. The van der Waals surface area contributed by atoms with E-state index in [0.717, 1.165) is 60.6 Å². The number of carbonyl (C=O) groups is 4. The number of benzene rings is 2. The number of pyridine rings is 2. The molecule has 1 N–H and O–H groups in total. The van der Waals surface area contributed by atoms with Gasteiger partial charge in [-0.1, -0.05) is 12.1 Å². The Morgan fingerprint density at radius 2 is 1.55 bits per heavy atom. The minimum Gasteiger partial charge on any atom is -0.369 e. The van der Waals surface area contributed by atoms with Gasteiger partial charge in [-0.05, 0) is 87.4 Å². The van der Waals surface area contributed by atoms with E-state index in [0.29, 0.717) is 57.8 Å². The molecule has 3 fully saturated rings. The smallest absolute Gasteiger partial charge is 0.319 e. The number of imide groups is 2. The lowest BCUT2D eigenvalue weighted by Crippen LogP contribution is -2.55. The van der Waals surface area contributed by atoms with Gasteiger partial charge in [-0.3, -0.25) is 43.8 Å². The first kappa shape index (κ1) is 37.7. The van der Waals surface area contributed by atoms with Crippen LogP contribution >= 0.6 is 0 Å². The van der Waals surface area contributed by atoms with Crippen molar-refractivity contribution in [3.8, 4) is 11.1 Å². The molecule has 300 valence electrons. The van der Waals surface area contributed by atoms with Crippen LogP contribution in [0.15, 0.2) is 67.1 Å². The molecule has 58 heavy (non-hydrogen) atoms. The van der Waals surface area contributed by atoms with E-state index in [-0.39, 0.29) is 29.5 Å². The average Bonchev–Trinajstić information content (AvgIpc) is 3.68. The summed E-state index contributed by atoms with van der Waals surface area (Å²) in [7, 11) is 0. The first-order valence-electron chi connectivity index (χ1n) is 19.8. The number of carbonyl (C=O) groups excluding carboxylic acids is 4. The maximum Gasteiger partial charge on any atom is 0.319 e. The fourth-order valence-electron chi connectivity index (χ4n) is 9.51. The predicted octanol–water partition coefficient (Wildman–Crippen LogP) is 6.39. The number of rotatable bonds is 8. The molecule has 5 aromatic rings. The van der Waals surface area contributed by atoms with Gasteiger partial charge in [0.05, 0.1) is 22.2 Å². The topological polar surface area (TPSA) is 124 Å². The normalized spacial score (nSPS) is 19.9. The Morgan fingerprint density at radius 3 is 2.28 bits per heavy atom. The van der Waals surface area contributed by atoms with E-state index in [1.165, 1.54) is 12.3 Å².